The molecule has 4 nitrogen and oxygen atoms in total. The second-order valence-electron chi connectivity index (χ2n) is 4.90. The molecule has 1 aromatic heterocycles. The van der Waals surface area contributed by atoms with Gasteiger partial charge in [-0.3, -0.25) is 0 Å². The largest absolute Gasteiger partial charge is 0.394 e. The Kier molecular flexibility index (Phi) is 5.00. The predicted molar refractivity (Wildman–Crippen MR) is 76.2 cm³/mol. The van der Waals surface area contributed by atoms with Crippen molar-refractivity contribution < 1.29 is 5.11 Å². The van der Waals surface area contributed by atoms with Gasteiger partial charge in [-0.25, -0.2) is 4.98 Å². The molecule has 1 aliphatic carbocycles. The van der Waals surface area contributed by atoms with Gasteiger partial charge in [-0.2, -0.15) is 4.37 Å². The van der Waals surface area contributed by atoms with Crippen molar-refractivity contribution in [3.8, 4) is 0 Å². The maximum atomic E-state index is 9.62. The quantitative estimate of drug-likeness (QED) is 0.785. The summed E-state index contributed by atoms with van der Waals surface area (Å²) in [5.74, 6) is 2.50. The first kappa shape index (κ1) is 14.2. The summed E-state index contributed by atoms with van der Waals surface area (Å²) in [5, 5.41) is 13.0. The SMILES string of the molecule is CNC1(CO)CCCC1CCSc1nc(C)ns1. The monoisotopic (exact) mass is 287 g/mol. The van der Waals surface area contributed by atoms with Crippen LogP contribution in [0.25, 0.3) is 0 Å². The van der Waals surface area contributed by atoms with Crippen LogP contribution in [0, 0.1) is 12.8 Å². The van der Waals surface area contributed by atoms with E-state index in [1.54, 1.807) is 11.8 Å². The van der Waals surface area contributed by atoms with Gasteiger partial charge < -0.3 is 10.4 Å². The van der Waals surface area contributed by atoms with Gasteiger partial charge in [0.05, 0.1) is 6.61 Å². The molecule has 1 aromatic rings. The van der Waals surface area contributed by atoms with Crippen LogP contribution in [-0.2, 0) is 0 Å². The van der Waals surface area contributed by atoms with Crippen molar-refractivity contribution in [2.75, 3.05) is 19.4 Å². The van der Waals surface area contributed by atoms with Gasteiger partial charge in [-0.15, -0.1) is 0 Å². The molecular weight excluding hydrogens is 266 g/mol. The van der Waals surface area contributed by atoms with E-state index >= 15 is 0 Å². The summed E-state index contributed by atoms with van der Waals surface area (Å²) in [6.07, 6.45) is 4.66. The van der Waals surface area contributed by atoms with E-state index in [4.69, 9.17) is 0 Å². The highest BCUT2D eigenvalue weighted by molar-refractivity contribution is 8.00. The van der Waals surface area contributed by atoms with Crippen LogP contribution in [0.2, 0.25) is 0 Å². The topological polar surface area (TPSA) is 58.0 Å². The summed E-state index contributed by atoms with van der Waals surface area (Å²) in [4.78, 5) is 4.36. The number of aliphatic hydroxyl groups excluding tert-OH is 1. The Morgan fingerprint density at radius 2 is 2.44 bits per heavy atom. The third kappa shape index (κ3) is 3.04. The molecule has 2 unspecified atom stereocenters. The molecular formula is C12H21N3OS2. The zero-order valence-electron chi connectivity index (χ0n) is 11.0. The van der Waals surface area contributed by atoms with Gasteiger partial charge in [-0.1, -0.05) is 18.2 Å². The van der Waals surface area contributed by atoms with E-state index in [1.165, 1.54) is 24.4 Å². The van der Waals surface area contributed by atoms with Crippen LogP contribution in [0.3, 0.4) is 0 Å². The van der Waals surface area contributed by atoms with Gasteiger partial charge in [0, 0.05) is 11.3 Å². The molecule has 0 amide bonds. The number of nitrogens with one attached hydrogen (secondary N) is 1. The van der Waals surface area contributed by atoms with E-state index in [0.717, 1.165) is 28.8 Å². The van der Waals surface area contributed by atoms with Gasteiger partial charge in [0.1, 0.15) is 5.82 Å². The second kappa shape index (κ2) is 6.32. The molecule has 2 rings (SSSR count). The fraction of sp³-hybridized carbons (Fsp3) is 0.833. The molecule has 1 aliphatic rings. The lowest BCUT2D eigenvalue weighted by Crippen LogP contribution is -2.49. The Morgan fingerprint density at radius 3 is 3.06 bits per heavy atom. The highest BCUT2D eigenvalue weighted by Crippen LogP contribution is 2.38. The molecule has 0 bridgehead atoms. The lowest BCUT2D eigenvalue weighted by atomic mass is 9.86. The zero-order chi connectivity index (χ0) is 13.0. The average molecular weight is 287 g/mol. The first-order chi connectivity index (χ1) is 8.70. The normalized spacial score (nSPS) is 27.8. The van der Waals surface area contributed by atoms with E-state index in [-0.39, 0.29) is 12.1 Å². The molecule has 2 N–H and O–H groups in total. The molecule has 102 valence electrons. The van der Waals surface area contributed by atoms with Crippen LogP contribution in [0.5, 0.6) is 0 Å². The third-order valence-corrected chi connectivity index (χ3v) is 5.90. The summed E-state index contributed by atoms with van der Waals surface area (Å²) in [6, 6.07) is 0. The van der Waals surface area contributed by atoms with Crippen molar-refractivity contribution in [2.45, 2.75) is 42.5 Å². The van der Waals surface area contributed by atoms with E-state index in [1.807, 2.05) is 14.0 Å². The summed E-state index contributed by atoms with van der Waals surface area (Å²) in [6.45, 7) is 2.17. The molecule has 2 atom stereocenters. The highest BCUT2D eigenvalue weighted by atomic mass is 32.2. The number of hydrogen-bond donors (Lipinski definition) is 2. The van der Waals surface area contributed by atoms with Gasteiger partial charge in [0.2, 0.25) is 0 Å². The van der Waals surface area contributed by atoms with Crippen molar-refractivity contribution in [3.05, 3.63) is 5.82 Å². The summed E-state index contributed by atoms with van der Waals surface area (Å²) in [7, 11) is 1.97. The molecule has 6 heteroatoms. The van der Waals surface area contributed by atoms with Crippen molar-refractivity contribution in [2.24, 2.45) is 5.92 Å². The van der Waals surface area contributed by atoms with Crippen LogP contribution in [0.4, 0.5) is 0 Å². The molecule has 1 fully saturated rings. The first-order valence-electron chi connectivity index (χ1n) is 6.43. The number of aliphatic hydroxyl groups is 1. The van der Waals surface area contributed by atoms with E-state index in [0.29, 0.717) is 5.92 Å². The highest BCUT2D eigenvalue weighted by Gasteiger charge is 2.40. The van der Waals surface area contributed by atoms with E-state index in [9.17, 15) is 5.11 Å². The lowest BCUT2D eigenvalue weighted by molar-refractivity contribution is 0.130. The molecule has 0 aliphatic heterocycles. The summed E-state index contributed by atoms with van der Waals surface area (Å²) >= 11 is 3.27. The third-order valence-electron chi connectivity index (χ3n) is 3.94. The number of thioether (sulfide) groups is 1. The maximum Gasteiger partial charge on any atom is 0.170 e. The minimum absolute atomic E-state index is 0.0440. The van der Waals surface area contributed by atoms with Crippen LogP contribution in [0.1, 0.15) is 31.5 Å². The fourth-order valence-corrected chi connectivity index (χ4v) is 4.58. The molecule has 0 spiro atoms. The number of hydrogen-bond acceptors (Lipinski definition) is 6. The Morgan fingerprint density at radius 1 is 1.61 bits per heavy atom. The molecule has 0 saturated heterocycles. The van der Waals surface area contributed by atoms with Crippen molar-refractivity contribution in [3.63, 3.8) is 0 Å². The van der Waals surface area contributed by atoms with E-state index < -0.39 is 0 Å². The van der Waals surface area contributed by atoms with Crippen LogP contribution in [0.15, 0.2) is 4.34 Å². The van der Waals surface area contributed by atoms with Gasteiger partial charge in [-0.05, 0) is 50.7 Å². The number of likely N-dealkylation sites (N-methyl/N-ethyl adjacent to an activating group) is 1. The maximum absolute atomic E-state index is 9.62. The van der Waals surface area contributed by atoms with Crippen molar-refractivity contribution in [1.29, 1.82) is 0 Å². The van der Waals surface area contributed by atoms with Gasteiger partial charge in [0.15, 0.2) is 4.34 Å². The Hall–Kier alpha value is -0.170. The smallest absolute Gasteiger partial charge is 0.170 e. The molecule has 18 heavy (non-hydrogen) atoms. The lowest BCUT2D eigenvalue weighted by Gasteiger charge is -2.33. The number of aryl methyl sites for hydroxylation is 1. The molecule has 1 heterocycles. The standard InChI is InChI=1S/C12H21N3OS2/c1-9-14-11(18-15-9)17-7-5-10-4-3-6-12(10,8-16)13-2/h10,13,16H,3-8H2,1-2H3. The minimum atomic E-state index is -0.0440. The molecule has 0 aromatic carbocycles. The summed E-state index contributed by atoms with van der Waals surface area (Å²) < 4.78 is 5.25. The summed E-state index contributed by atoms with van der Waals surface area (Å²) in [5.41, 5.74) is -0.0440. The van der Waals surface area contributed by atoms with E-state index in [2.05, 4.69) is 14.7 Å². The van der Waals surface area contributed by atoms with Gasteiger partial charge >= 0.3 is 0 Å². The number of aromatic nitrogens is 2. The number of rotatable bonds is 6. The van der Waals surface area contributed by atoms with Crippen molar-refractivity contribution in [1.82, 2.24) is 14.7 Å². The van der Waals surface area contributed by atoms with Crippen LogP contribution in [-0.4, -0.2) is 39.4 Å². The fourth-order valence-electron chi connectivity index (χ4n) is 2.81. The van der Waals surface area contributed by atoms with Crippen LogP contribution < -0.4 is 5.32 Å². The van der Waals surface area contributed by atoms with Gasteiger partial charge in [0.25, 0.3) is 0 Å². The Labute approximate surface area is 117 Å². The number of nitrogens with zero attached hydrogens (tertiary/aromatic N) is 2. The van der Waals surface area contributed by atoms with Crippen molar-refractivity contribution >= 4 is 23.3 Å². The Bertz CT molecular complexity index is 379. The molecule has 0 radical (unpaired) electrons. The zero-order valence-corrected chi connectivity index (χ0v) is 12.6. The second-order valence-corrected chi connectivity index (χ2v) is 6.99. The Balaban J connectivity index is 1.82. The molecule has 1 saturated carbocycles. The minimum Gasteiger partial charge on any atom is -0.394 e. The first-order valence-corrected chi connectivity index (χ1v) is 8.19. The van der Waals surface area contributed by atoms with Crippen LogP contribution >= 0.6 is 23.3 Å². The predicted octanol–water partition coefficient (Wildman–Crippen LogP) is 2.08. The average Bonchev–Trinajstić information content (AvgIpc) is 2.97.